The van der Waals surface area contributed by atoms with Crippen molar-refractivity contribution in [1.82, 2.24) is 5.16 Å². The van der Waals surface area contributed by atoms with E-state index in [1.807, 2.05) is 7.05 Å². The van der Waals surface area contributed by atoms with Gasteiger partial charge in [0.2, 0.25) is 0 Å². The molecule has 1 aliphatic carbocycles. The van der Waals surface area contributed by atoms with E-state index in [4.69, 9.17) is 4.52 Å². The van der Waals surface area contributed by atoms with E-state index in [1.54, 1.807) is 6.26 Å². The van der Waals surface area contributed by atoms with E-state index in [9.17, 15) is 0 Å². The molecule has 3 rings (SSSR count). The molecule has 0 aliphatic heterocycles. The zero-order chi connectivity index (χ0) is 13.5. The molecule has 1 aromatic carbocycles. The third kappa shape index (κ3) is 1.84. The number of aromatic nitrogens is 1. The van der Waals surface area contributed by atoms with Crippen molar-refractivity contribution in [2.45, 2.75) is 32.1 Å². The molecule has 0 saturated heterocycles. The molecule has 1 N–H and O–H groups in total. The molecule has 3 nitrogen and oxygen atoms in total. The number of hydrogen-bond acceptors (Lipinski definition) is 3. The maximum atomic E-state index is 5.19. The Labute approximate surface area is 114 Å². The highest BCUT2D eigenvalue weighted by atomic mass is 16.5. The molecule has 0 radical (unpaired) electrons. The van der Waals surface area contributed by atoms with E-state index in [1.165, 1.54) is 11.1 Å². The van der Waals surface area contributed by atoms with Gasteiger partial charge in [0.1, 0.15) is 12.0 Å². The minimum Gasteiger partial charge on any atom is -0.384 e. The van der Waals surface area contributed by atoms with Crippen molar-refractivity contribution in [3.05, 3.63) is 47.3 Å². The monoisotopic (exact) mass is 256 g/mol. The smallest absolute Gasteiger partial charge is 0.147 e. The van der Waals surface area contributed by atoms with Gasteiger partial charge in [-0.15, -0.1) is 0 Å². The van der Waals surface area contributed by atoms with Gasteiger partial charge in [-0.25, -0.2) is 0 Å². The van der Waals surface area contributed by atoms with Gasteiger partial charge in [-0.2, -0.15) is 0 Å². The Hall–Kier alpha value is -1.77. The summed E-state index contributed by atoms with van der Waals surface area (Å²) in [6, 6.07) is 8.71. The summed E-state index contributed by atoms with van der Waals surface area (Å²) in [4.78, 5) is 0. The summed E-state index contributed by atoms with van der Waals surface area (Å²) in [5.41, 5.74) is 4.77. The highest BCUT2D eigenvalue weighted by molar-refractivity contribution is 5.54. The summed E-state index contributed by atoms with van der Waals surface area (Å²) in [5.74, 6) is 0.654. The fourth-order valence-electron chi connectivity index (χ4n) is 3.53. The fraction of sp³-hybridized carbons (Fsp3) is 0.438. The van der Waals surface area contributed by atoms with Crippen LogP contribution in [0, 0.1) is 5.92 Å². The second-order valence-electron chi connectivity index (χ2n) is 5.83. The van der Waals surface area contributed by atoms with Crippen molar-refractivity contribution in [2.24, 2.45) is 5.92 Å². The molecular weight excluding hydrogens is 236 g/mol. The lowest BCUT2D eigenvalue weighted by atomic mass is 9.66. The van der Waals surface area contributed by atoms with Crippen LogP contribution in [0.4, 0.5) is 5.69 Å². The van der Waals surface area contributed by atoms with Crippen molar-refractivity contribution >= 4 is 5.69 Å². The van der Waals surface area contributed by atoms with E-state index in [2.05, 4.69) is 48.6 Å². The molecule has 2 aromatic rings. The van der Waals surface area contributed by atoms with Crippen LogP contribution in [0.3, 0.4) is 0 Å². The topological polar surface area (TPSA) is 38.1 Å². The highest BCUT2D eigenvalue weighted by Gasteiger charge is 2.40. The number of fused-ring (bicyclic) bond motifs is 1. The van der Waals surface area contributed by atoms with Crippen LogP contribution in [0.15, 0.2) is 35.1 Å². The van der Waals surface area contributed by atoms with Gasteiger partial charge in [0, 0.05) is 12.5 Å². The number of benzene rings is 1. The molecule has 0 bridgehead atoms. The lowest BCUT2D eigenvalue weighted by molar-refractivity contribution is 0.338. The molecule has 100 valence electrons. The summed E-state index contributed by atoms with van der Waals surface area (Å²) < 4.78 is 5.19. The lowest BCUT2D eigenvalue weighted by Gasteiger charge is -2.38. The molecule has 1 aliphatic rings. The summed E-state index contributed by atoms with van der Waals surface area (Å²) in [6.45, 7) is 4.59. The van der Waals surface area contributed by atoms with Crippen LogP contribution in [0.1, 0.15) is 37.1 Å². The number of hydrogen-bond donors (Lipinski definition) is 1. The van der Waals surface area contributed by atoms with Gasteiger partial charge >= 0.3 is 0 Å². The van der Waals surface area contributed by atoms with Crippen molar-refractivity contribution in [3.8, 4) is 0 Å². The van der Waals surface area contributed by atoms with Crippen LogP contribution in [0.2, 0.25) is 0 Å². The minimum absolute atomic E-state index is 0.0698. The maximum Gasteiger partial charge on any atom is 0.147 e. The Balaban J connectivity index is 2.18. The third-order valence-corrected chi connectivity index (χ3v) is 4.30. The van der Waals surface area contributed by atoms with Crippen LogP contribution in [0.25, 0.3) is 0 Å². The number of nitrogens with one attached hydrogen (secondary N) is 1. The van der Waals surface area contributed by atoms with E-state index >= 15 is 0 Å². The predicted molar refractivity (Wildman–Crippen MR) is 76.4 cm³/mol. The van der Waals surface area contributed by atoms with Crippen molar-refractivity contribution in [2.75, 3.05) is 12.4 Å². The summed E-state index contributed by atoms with van der Waals surface area (Å²) >= 11 is 0. The second-order valence-corrected chi connectivity index (χ2v) is 5.83. The maximum absolute atomic E-state index is 5.19. The normalized spacial score (nSPS) is 25.9. The molecule has 1 heterocycles. The minimum atomic E-state index is -0.0698. The molecule has 0 spiro atoms. The fourth-order valence-corrected chi connectivity index (χ4v) is 3.53. The van der Waals surface area contributed by atoms with Gasteiger partial charge in [-0.3, -0.25) is 0 Å². The van der Waals surface area contributed by atoms with Gasteiger partial charge in [0.05, 0.1) is 5.69 Å². The molecule has 0 fully saturated rings. The Morgan fingerprint density at radius 3 is 2.95 bits per heavy atom. The molecule has 1 aromatic heterocycles. The first-order valence-corrected chi connectivity index (χ1v) is 6.86. The van der Waals surface area contributed by atoms with Gasteiger partial charge < -0.3 is 9.84 Å². The van der Waals surface area contributed by atoms with Gasteiger partial charge in [-0.05, 0) is 36.8 Å². The lowest BCUT2D eigenvalue weighted by Crippen LogP contribution is -2.33. The molecule has 2 unspecified atom stereocenters. The zero-order valence-corrected chi connectivity index (χ0v) is 11.7. The molecule has 2 atom stereocenters. The average Bonchev–Trinajstić information content (AvgIpc) is 2.87. The van der Waals surface area contributed by atoms with Crippen LogP contribution < -0.4 is 5.32 Å². The molecule has 3 heteroatoms. The summed E-state index contributed by atoms with van der Waals surface area (Å²) in [5, 5.41) is 7.47. The van der Waals surface area contributed by atoms with Crippen LogP contribution in [-0.4, -0.2) is 12.2 Å². The molecular formula is C16H20N2O. The summed E-state index contributed by atoms with van der Waals surface area (Å²) in [6.07, 6.45) is 3.95. The Bertz CT molecular complexity index is 590. The van der Waals surface area contributed by atoms with Gasteiger partial charge in [0.25, 0.3) is 0 Å². The van der Waals surface area contributed by atoms with Crippen molar-refractivity contribution in [1.29, 1.82) is 0 Å². The molecule has 0 saturated carbocycles. The third-order valence-electron chi connectivity index (χ3n) is 4.30. The Morgan fingerprint density at radius 2 is 2.16 bits per heavy atom. The number of rotatable bonds is 2. The number of anilines is 1. The SMILES string of the molecule is CNc1conc1C1(C)CC(C)Cc2ccccc21. The zero-order valence-electron chi connectivity index (χ0n) is 11.7. The first-order valence-electron chi connectivity index (χ1n) is 6.86. The quantitative estimate of drug-likeness (QED) is 0.892. The van der Waals surface area contributed by atoms with E-state index < -0.39 is 0 Å². The van der Waals surface area contributed by atoms with E-state index in [0.717, 1.165) is 24.2 Å². The Morgan fingerprint density at radius 1 is 1.37 bits per heavy atom. The van der Waals surface area contributed by atoms with Crippen molar-refractivity contribution in [3.63, 3.8) is 0 Å². The van der Waals surface area contributed by atoms with Crippen molar-refractivity contribution < 1.29 is 4.52 Å². The first kappa shape index (κ1) is 12.3. The van der Waals surface area contributed by atoms with Crippen LogP contribution >= 0.6 is 0 Å². The van der Waals surface area contributed by atoms with E-state index in [0.29, 0.717) is 5.92 Å². The number of nitrogens with zero attached hydrogens (tertiary/aromatic N) is 1. The van der Waals surface area contributed by atoms with Gasteiger partial charge in [0.15, 0.2) is 0 Å². The van der Waals surface area contributed by atoms with E-state index in [-0.39, 0.29) is 5.41 Å². The standard InChI is InChI=1S/C16H20N2O/c1-11-8-12-6-4-5-7-13(12)16(2,9-11)15-14(17-3)10-19-18-15/h4-7,10-11,17H,8-9H2,1-3H3. The molecule has 19 heavy (non-hydrogen) atoms. The van der Waals surface area contributed by atoms with Crippen LogP contribution in [-0.2, 0) is 11.8 Å². The summed E-state index contributed by atoms with van der Waals surface area (Å²) in [7, 11) is 1.91. The largest absolute Gasteiger partial charge is 0.384 e. The second kappa shape index (κ2) is 4.41. The molecule has 0 amide bonds. The Kier molecular flexibility index (Phi) is 2.85. The van der Waals surface area contributed by atoms with Gasteiger partial charge in [-0.1, -0.05) is 36.3 Å². The highest BCUT2D eigenvalue weighted by Crippen LogP contribution is 2.45. The van der Waals surface area contributed by atoms with Crippen LogP contribution in [0.5, 0.6) is 0 Å². The predicted octanol–water partition coefficient (Wildman–Crippen LogP) is 3.60. The first-order chi connectivity index (χ1) is 9.15. The average molecular weight is 256 g/mol.